The lowest BCUT2D eigenvalue weighted by molar-refractivity contribution is 0.0940. The first-order valence-electron chi connectivity index (χ1n) is 9.52. The van der Waals surface area contributed by atoms with Crippen LogP contribution in [-0.4, -0.2) is 27.5 Å². The summed E-state index contributed by atoms with van der Waals surface area (Å²) in [5, 5.41) is 2.75. The van der Waals surface area contributed by atoms with Gasteiger partial charge in [-0.05, 0) is 48.6 Å². The highest BCUT2D eigenvalue weighted by Gasteiger charge is 2.20. The minimum Gasteiger partial charge on any atom is -0.496 e. The zero-order chi connectivity index (χ0) is 21.8. The zero-order valence-electron chi connectivity index (χ0n) is 17.9. The van der Waals surface area contributed by atoms with Gasteiger partial charge >= 0.3 is 0 Å². The fraction of sp³-hybridized carbons (Fsp3) is 0.409. The largest absolute Gasteiger partial charge is 0.496 e. The van der Waals surface area contributed by atoms with Crippen molar-refractivity contribution in [1.82, 2.24) is 10.0 Å². The van der Waals surface area contributed by atoms with E-state index in [1.165, 1.54) is 30.9 Å². The number of hydrogen-bond donors (Lipinski definition) is 2. The smallest absolute Gasteiger partial charge is 0.255 e. The Morgan fingerprint density at radius 2 is 1.69 bits per heavy atom. The molecule has 2 N–H and O–H groups in total. The molecule has 0 bridgehead atoms. The Bertz CT molecular complexity index is 959. The quantitative estimate of drug-likeness (QED) is 0.719. The van der Waals surface area contributed by atoms with Crippen molar-refractivity contribution < 1.29 is 17.9 Å². The Morgan fingerprint density at radius 3 is 2.21 bits per heavy atom. The first-order chi connectivity index (χ1) is 13.4. The van der Waals surface area contributed by atoms with E-state index in [0.29, 0.717) is 5.75 Å². The van der Waals surface area contributed by atoms with Crippen molar-refractivity contribution in [2.24, 2.45) is 0 Å². The van der Waals surface area contributed by atoms with Gasteiger partial charge < -0.3 is 10.1 Å². The van der Waals surface area contributed by atoms with Crippen molar-refractivity contribution >= 4 is 15.9 Å². The minimum atomic E-state index is -3.79. The monoisotopic (exact) mass is 418 g/mol. The molecule has 0 saturated heterocycles. The minimum absolute atomic E-state index is 0.0125. The molecule has 7 heteroatoms. The Hall–Kier alpha value is -2.38. The molecule has 0 aliphatic heterocycles. The topological polar surface area (TPSA) is 84.5 Å². The second-order valence-electron chi connectivity index (χ2n) is 8.26. The Morgan fingerprint density at radius 1 is 1.07 bits per heavy atom. The predicted molar refractivity (Wildman–Crippen MR) is 115 cm³/mol. The number of methoxy groups -OCH3 is 1. The van der Waals surface area contributed by atoms with Crippen LogP contribution in [0.3, 0.4) is 0 Å². The van der Waals surface area contributed by atoms with E-state index in [0.717, 1.165) is 5.56 Å². The Kier molecular flexibility index (Phi) is 7.08. The molecular weight excluding hydrogens is 388 g/mol. The molecular formula is C22H30N2O4S. The summed E-state index contributed by atoms with van der Waals surface area (Å²) >= 11 is 0. The second-order valence-corrected chi connectivity index (χ2v) is 10.0. The normalized spacial score (nSPS) is 12.1. The molecule has 0 aliphatic rings. The summed E-state index contributed by atoms with van der Waals surface area (Å²) in [6.07, 6.45) is 0. The SMILES string of the molecule is COc1ccc(S(=O)(=O)NCc2ccc(C(C)(C)C)cc2)cc1C(=O)NC(C)C. The van der Waals surface area contributed by atoms with Crippen LogP contribution in [0, 0.1) is 0 Å². The van der Waals surface area contributed by atoms with E-state index in [1.807, 2.05) is 38.1 Å². The van der Waals surface area contributed by atoms with Crippen molar-refractivity contribution in [2.75, 3.05) is 7.11 Å². The standard InChI is InChI=1S/C22H30N2O4S/c1-15(2)24-21(25)19-13-18(11-12-20(19)28-6)29(26,27)23-14-16-7-9-17(10-8-16)22(3,4)5/h7-13,15,23H,14H2,1-6H3,(H,24,25). The molecule has 2 rings (SSSR count). The molecule has 0 fully saturated rings. The highest BCUT2D eigenvalue weighted by molar-refractivity contribution is 7.89. The fourth-order valence-electron chi connectivity index (χ4n) is 2.76. The number of sulfonamides is 1. The van der Waals surface area contributed by atoms with Crippen LogP contribution in [-0.2, 0) is 22.0 Å². The molecule has 158 valence electrons. The van der Waals surface area contributed by atoms with E-state index >= 15 is 0 Å². The highest BCUT2D eigenvalue weighted by atomic mass is 32.2. The molecule has 6 nitrogen and oxygen atoms in total. The number of amides is 1. The van der Waals surface area contributed by atoms with E-state index in [2.05, 4.69) is 30.8 Å². The van der Waals surface area contributed by atoms with Gasteiger partial charge in [0.05, 0.1) is 17.6 Å². The summed E-state index contributed by atoms with van der Waals surface area (Å²) in [5.41, 5.74) is 2.25. The second kappa shape index (κ2) is 8.97. The average Bonchev–Trinajstić information content (AvgIpc) is 2.65. The van der Waals surface area contributed by atoms with Crippen LogP contribution in [0.1, 0.15) is 56.1 Å². The molecule has 1 amide bonds. The van der Waals surface area contributed by atoms with Gasteiger partial charge in [-0.1, -0.05) is 45.0 Å². The lowest BCUT2D eigenvalue weighted by Gasteiger charge is -2.19. The van der Waals surface area contributed by atoms with Crippen LogP contribution in [0.15, 0.2) is 47.4 Å². The third kappa shape index (κ3) is 6.05. The van der Waals surface area contributed by atoms with Gasteiger partial charge in [0.1, 0.15) is 5.75 Å². The van der Waals surface area contributed by atoms with Gasteiger partial charge in [-0.25, -0.2) is 13.1 Å². The number of carbonyl (C=O) groups excluding carboxylic acids is 1. The van der Waals surface area contributed by atoms with E-state index < -0.39 is 10.0 Å². The molecule has 0 unspecified atom stereocenters. The van der Waals surface area contributed by atoms with Gasteiger partial charge in [-0.2, -0.15) is 0 Å². The molecule has 2 aromatic carbocycles. The lowest BCUT2D eigenvalue weighted by atomic mass is 9.87. The van der Waals surface area contributed by atoms with Crippen LogP contribution >= 0.6 is 0 Å². The molecule has 0 aromatic heterocycles. The molecule has 0 heterocycles. The summed E-state index contributed by atoms with van der Waals surface area (Å²) in [5.74, 6) is -0.0634. The molecule has 0 spiro atoms. The average molecular weight is 419 g/mol. The maximum Gasteiger partial charge on any atom is 0.255 e. The van der Waals surface area contributed by atoms with E-state index in [4.69, 9.17) is 4.74 Å². The fourth-order valence-corrected chi connectivity index (χ4v) is 3.80. The Labute approximate surface area is 173 Å². The molecule has 0 saturated carbocycles. The van der Waals surface area contributed by atoms with Crippen LogP contribution in [0.4, 0.5) is 0 Å². The first-order valence-corrected chi connectivity index (χ1v) is 11.0. The van der Waals surface area contributed by atoms with E-state index in [1.54, 1.807) is 0 Å². The summed E-state index contributed by atoms with van der Waals surface area (Å²) in [7, 11) is -2.35. The van der Waals surface area contributed by atoms with Crippen LogP contribution in [0.25, 0.3) is 0 Å². The van der Waals surface area contributed by atoms with E-state index in [-0.39, 0.29) is 34.4 Å². The molecule has 29 heavy (non-hydrogen) atoms. The van der Waals surface area contributed by atoms with Crippen LogP contribution in [0.2, 0.25) is 0 Å². The summed E-state index contributed by atoms with van der Waals surface area (Å²) < 4.78 is 33.3. The number of benzene rings is 2. The molecule has 0 aliphatic carbocycles. The van der Waals surface area contributed by atoms with Gasteiger partial charge in [0.15, 0.2) is 0 Å². The van der Waals surface area contributed by atoms with Crippen molar-refractivity contribution in [2.45, 2.75) is 57.5 Å². The molecule has 2 aromatic rings. The first kappa shape index (κ1) is 22.9. The summed E-state index contributed by atoms with van der Waals surface area (Å²) in [4.78, 5) is 12.4. The van der Waals surface area contributed by atoms with Crippen molar-refractivity contribution in [3.8, 4) is 5.75 Å². The van der Waals surface area contributed by atoms with Crippen molar-refractivity contribution in [3.63, 3.8) is 0 Å². The number of ether oxygens (including phenoxy) is 1. The number of hydrogen-bond acceptors (Lipinski definition) is 4. The predicted octanol–water partition coefficient (Wildman–Crippen LogP) is 3.61. The maximum absolute atomic E-state index is 12.7. The van der Waals surface area contributed by atoms with Crippen molar-refractivity contribution in [1.29, 1.82) is 0 Å². The van der Waals surface area contributed by atoms with E-state index in [9.17, 15) is 13.2 Å². The number of rotatable bonds is 7. The van der Waals surface area contributed by atoms with Gasteiger partial charge in [-0.15, -0.1) is 0 Å². The molecule has 0 radical (unpaired) electrons. The number of nitrogens with one attached hydrogen (secondary N) is 2. The van der Waals surface area contributed by atoms with Crippen molar-refractivity contribution in [3.05, 3.63) is 59.2 Å². The van der Waals surface area contributed by atoms with Crippen LogP contribution < -0.4 is 14.8 Å². The summed E-state index contributed by atoms with van der Waals surface area (Å²) in [6, 6.07) is 12.0. The Balaban J connectivity index is 2.21. The zero-order valence-corrected chi connectivity index (χ0v) is 18.7. The van der Waals surface area contributed by atoms with Gasteiger partial charge in [-0.3, -0.25) is 4.79 Å². The van der Waals surface area contributed by atoms with Gasteiger partial charge in [0, 0.05) is 12.6 Å². The third-order valence-electron chi connectivity index (χ3n) is 4.43. The maximum atomic E-state index is 12.7. The lowest BCUT2D eigenvalue weighted by Crippen LogP contribution is -2.31. The summed E-state index contributed by atoms with van der Waals surface area (Å²) in [6.45, 7) is 10.2. The highest BCUT2D eigenvalue weighted by Crippen LogP contribution is 2.24. The van der Waals surface area contributed by atoms with Crippen LogP contribution in [0.5, 0.6) is 5.75 Å². The molecule has 0 atom stereocenters. The third-order valence-corrected chi connectivity index (χ3v) is 5.83. The van der Waals surface area contributed by atoms with Gasteiger partial charge in [0.25, 0.3) is 5.91 Å². The van der Waals surface area contributed by atoms with Gasteiger partial charge in [0.2, 0.25) is 10.0 Å². The number of carbonyl (C=O) groups is 1.